The lowest BCUT2D eigenvalue weighted by molar-refractivity contribution is 0.512. The number of nitrogens with one attached hydrogen (secondary N) is 1. The minimum Gasteiger partial charge on any atom is -0.310 e. The first-order chi connectivity index (χ1) is 10.2. The van der Waals surface area contributed by atoms with Gasteiger partial charge in [-0.25, -0.2) is 0 Å². The molecule has 0 aromatic heterocycles. The van der Waals surface area contributed by atoms with Crippen molar-refractivity contribution in [1.82, 2.24) is 5.32 Å². The van der Waals surface area contributed by atoms with E-state index in [0.717, 1.165) is 24.4 Å². The molecule has 21 heavy (non-hydrogen) atoms. The normalized spacial score (nSPS) is 12.3. The van der Waals surface area contributed by atoms with E-state index >= 15 is 0 Å². The fourth-order valence-electron chi connectivity index (χ4n) is 2.31. The average molecular weight is 320 g/mol. The molecule has 0 saturated heterocycles. The van der Waals surface area contributed by atoms with Crippen LogP contribution in [0.5, 0.6) is 0 Å². The maximum absolute atomic E-state index is 6.08. The maximum atomic E-state index is 6.08. The van der Waals surface area contributed by atoms with Crippen LogP contribution < -0.4 is 5.32 Å². The highest BCUT2D eigenvalue weighted by Gasteiger charge is 2.13. The monoisotopic (exact) mass is 319 g/mol. The predicted octanol–water partition coefficient (Wildman–Crippen LogP) is 5.94. The third-order valence-electron chi connectivity index (χ3n) is 3.37. The van der Waals surface area contributed by atoms with Gasteiger partial charge >= 0.3 is 0 Å². The highest BCUT2D eigenvalue weighted by atomic mass is 35.5. The SMILES string of the molecule is CCCNC(CC)c1ccccc1Sc1cccc(Cl)c1. The first-order valence-electron chi connectivity index (χ1n) is 7.50. The second-order valence-corrected chi connectivity index (χ2v) is 6.56. The zero-order chi connectivity index (χ0) is 15.1. The summed E-state index contributed by atoms with van der Waals surface area (Å²) in [5.41, 5.74) is 1.37. The van der Waals surface area contributed by atoms with E-state index in [1.54, 1.807) is 11.8 Å². The van der Waals surface area contributed by atoms with Crippen LogP contribution >= 0.6 is 23.4 Å². The lowest BCUT2D eigenvalue weighted by Gasteiger charge is -2.20. The van der Waals surface area contributed by atoms with E-state index < -0.39 is 0 Å². The van der Waals surface area contributed by atoms with Crippen molar-refractivity contribution >= 4 is 23.4 Å². The minimum absolute atomic E-state index is 0.410. The summed E-state index contributed by atoms with van der Waals surface area (Å²) in [7, 11) is 0. The third kappa shape index (κ3) is 4.77. The van der Waals surface area contributed by atoms with Gasteiger partial charge in [0.25, 0.3) is 0 Å². The molecule has 112 valence electrons. The number of hydrogen-bond acceptors (Lipinski definition) is 2. The molecule has 1 nitrogen and oxygen atoms in total. The summed E-state index contributed by atoms with van der Waals surface area (Å²) < 4.78 is 0. The summed E-state index contributed by atoms with van der Waals surface area (Å²) in [6.45, 7) is 5.48. The van der Waals surface area contributed by atoms with Gasteiger partial charge in [-0.05, 0) is 49.2 Å². The minimum atomic E-state index is 0.410. The second kappa shape index (κ2) is 8.47. The van der Waals surface area contributed by atoms with E-state index in [0.29, 0.717) is 6.04 Å². The molecule has 0 radical (unpaired) electrons. The third-order valence-corrected chi connectivity index (χ3v) is 4.68. The van der Waals surface area contributed by atoms with Crippen molar-refractivity contribution in [2.45, 2.75) is 42.5 Å². The quantitative estimate of drug-likeness (QED) is 0.677. The van der Waals surface area contributed by atoms with Crippen molar-refractivity contribution in [3.05, 3.63) is 59.1 Å². The van der Waals surface area contributed by atoms with Crippen LogP contribution in [0.1, 0.15) is 38.3 Å². The van der Waals surface area contributed by atoms with E-state index in [9.17, 15) is 0 Å². The van der Waals surface area contributed by atoms with Crippen LogP contribution in [0.15, 0.2) is 58.3 Å². The van der Waals surface area contributed by atoms with Gasteiger partial charge in [0.2, 0.25) is 0 Å². The number of rotatable bonds is 7. The van der Waals surface area contributed by atoms with Crippen LogP contribution in [0.2, 0.25) is 5.02 Å². The van der Waals surface area contributed by atoms with Crippen LogP contribution in [0.25, 0.3) is 0 Å². The molecule has 0 saturated carbocycles. The summed E-state index contributed by atoms with van der Waals surface area (Å²) in [4.78, 5) is 2.48. The Bertz CT molecular complexity index is 571. The van der Waals surface area contributed by atoms with Crippen molar-refractivity contribution in [2.24, 2.45) is 0 Å². The zero-order valence-electron chi connectivity index (χ0n) is 12.6. The van der Waals surface area contributed by atoms with Gasteiger partial charge in [0.1, 0.15) is 0 Å². The summed E-state index contributed by atoms with van der Waals surface area (Å²) in [5, 5.41) is 4.42. The molecule has 1 N–H and O–H groups in total. The summed E-state index contributed by atoms with van der Waals surface area (Å²) in [5.74, 6) is 0. The van der Waals surface area contributed by atoms with E-state index in [2.05, 4.69) is 49.5 Å². The molecule has 0 aliphatic carbocycles. The molecule has 0 bridgehead atoms. The lowest BCUT2D eigenvalue weighted by Crippen LogP contribution is -2.21. The number of halogens is 1. The standard InChI is InChI=1S/C18H22ClNS/c1-3-12-20-17(4-2)16-10-5-6-11-18(16)21-15-9-7-8-14(19)13-15/h5-11,13,17,20H,3-4,12H2,1-2H3. The van der Waals surface area contributed by atoms with Gasteiger partial charge in [-0.15, -0.1) is 0 Å². The van der Waals surface area contributed by atoms with Gasteiger partial charge in [-0.3, -0.25) is 0 Å². The van der Waals surface area contributed by atoms with Gasteiger partial charge in [-0.2, -0.15) is 0 Å². The summed E-state index contributed by atoms with van der Waals surface area (Å²) in [6.07, 6.45) is 2.24. The summed E-state index contributed by atoms with van der Waals surface area (Å²) in [6, 6.07) is 17.1. The average Bonchev–Trinajstić information content (AvgIpc) is 2.49. The molecule has 2 rings (SSSR count). The van der Waals surface area contributed by atoms with Crippen molar-refractivity contribution < 1.29 is 0 Å². The van der Waals surface area contributed by atoms with Gasteiger partial charge in [0.05, 0.1) is 0 Å². The highest BCUT2D eigenvalue weighted by Crippen LogP contribution is 2.35. The Morgan fingerprint density at radius 3 is 2.62 bits per heavy atom. The van der Waals surface area contributed by atoms with Gasteiger partial charge in [-0.1, -0.05) is 61.5 Å². The van der Waals surface area contributed by atoms with Crippen LogP contribution in [0, 0.1) is 0 Å². The Morgan fingerprint density at radius 2 is 1.90 bits per heavy atom. The Hall–Kier alpha value is -0.960. The first kappa shape index (κ1) is 16.4. The Morgan fingerprint density at radius 1 is 1.10 bits per heavy atom. The number of benzene rings is 2. The molecule has 2 aromatic carbocycles. The maximum Gasteiger partial charge on any atom is 0.0417 e. The van der Waals surface area contributed by atoms with E-state index in [-0.39, 0.29) is 0 Å². The van der Waals surface area contributed by atoms with Crippen LogP contribution in [0.3, 0.4) is 0 Å². The van der Waals surface area contributed by atoms with Crippen molar-refractivity contribution in [1.29, 1.82) is 0 Å². The molecule has 0 aliphatic heterocycles. The highest BCUT2D eigenvalue weighted by molar-refractivity contribution is 7.99. The molecule has 1 unspecified atom stereocenters. The molecular weight excluding hydrogens is 298 g/mol. The predicted molar refractivity (Wildman–Crippen MR) is 93.3 cm³/mol. The Balaban J connectivity index is 2.23. The molecular formula is C18H22ClNS. The van der Waals surface area contributed by atoms with Crippen LogP contribution in [-0.4, -0.2) is 6.54 Å². The van der Waals surface area contributed by atoms with Crippen LogP contribution in [0.4, 0.5) is 0 Å². The van der Waals surface area contributed by atoms with E-state index in [1.165, 1.54) is 15.4 Å². The Kier molecular flexibility index (Phi) is 6.62. The van der Waals surface area contributed by atoms with E-state index in [4.69, 9.17) is 11.6 Å². The molecule has 0 amide bonds. The van der Waals surface area contributed by atoms with Gasteiger partial charge < -0.3 is 5.32 Å². The van der Waals surface area contributed by atoms with Gasteiger partial charge in [0.15, 0.2) is 0 Å². The fourth-order valence-corrected chi connectivity index (χ4v) is 3.63. The fraction of sp³-hybridized carbons (Fsp3) is 0.333. The molecule has 0 heterocycles. The Labute approximate surface area is 137 Å². The van der Waals surface area contributed by atoms with Gasteiger partial charge in [0, 0.05) is 20.9 Å². The van der Waals surface area contributed by atoms with Crippen molar-refractivity contribution in [2.75, 3.05) is 6.54 Å². The molecule has 0 aliphatic rings. The topological polar surface area (TPSA) is 12.0 Å². The summed E-state index contributed by atoms with van der Waals surface area (Å²) >= 11 is 7.86. The largest absolute Gasteiger partial charge is 0.310 e. The first-order valence-corrected chi connectivity index (χ1v) is 8.69. The smallest absolute Gasteiger partial charge is 0.0417 e. The molecule has 0 spiro atoms. The molecule has 3 heteroatoms. The van der Waals surface area contributed by atoms with Crippen LogP contribution in [-0.2, 0) is 0 Å². The van der Waals surface area contributed by atoms with Crippen molar-refractivity contribution in [3.8, 4) is 0 Å². The molecule has 2 aromatic rings. The molecule has 1 atom stereocenters. The zero-order valence-corrected chi connectivity index (χ0v) is 14.2. The second-order valence-electron chi connectivity index (χ2n) is 5.01. The molecule has 0 fully saturated rings. The lowest BCUT2D eigenvalue weighted by atomic mass is 10.0. The van der Waals surface area contributed by atoms with E-state index in [1.807, 2.05) is 18.2 Å². The van der Waals surface area contributed by atoms with Crippen molar-refractivity contribution in [3.63, 3.8) is 0 Å². The number of hydrogen-bond donors (Lipinski definition) is 1.